The van der Waals surface area contributed by atoms with Gasteiger partial charge in [0.05, 0.1) is 6.61 Å². The second-order valence-corrected chi connectivity index (χ2v) is 6.79. The van der Waals surface area contributed by atoms with Gasteiger partial charge in [-0.25, -0.2) is 0 Å². The molecule has 0 spiro atoms. The van der Waals surface area contributed by atoms with E-state index in [0.29, 0.717) is 30.3 Å². The van der Waals surface area contributed by atoms with Crippen LogP contribution in [0.3, 0.4) is 0 Å². The fraction of sp³-hybridized carbons (Fsp3) is 0.500. The van der Waals surface area contributed by atoms with Crippen LogP contribution < -0.4 is 10.1 Å². The lowest BCUT2D eigenvalue weighted by Gasteiger charge is -2.13. The number of hydrogen-bond acceptors (Lipinski definition) is 4. The quantitative estimate of drug-likeness (QED) is 0.709. The van der Waals surface area contributed by atoms with Crippen molar-refractivity contribution in [2.75, 3.05) is 6.61 Å². The molecular formula is C18H24N4O2S. The van der Waals surface area contributed by atoms with Gasteiger partial charge < -0.3 is 10.1 Å². The van der Waals surface area contributed by atoms with E-state index in [2.05, 4.69) is 22.4 Å². The molecule has 7 heteroatoms. The van der Waals surface area contributed by atoms with Gasteiger partial charge in [-0.2, -0.15) is 5.10 Å². The summed E-state index contributed by atoms with van der Waals surface area (Å²) in [6.07, 6.45) is 2.82. The monoisotopic (exact) mass is 360 g/mol. The molecule has 1 aromatic heterocycles. The van der Waals surface area contributed by atoms with Gasteiger partial charge >= 0.3 is 0 Å². The Kier molecular flexibility index (Phi) is 5.53. The zero-order chi connectivity index (χ0) is 17.8. The molecule has 1 aromatic carbocycles. The van der Waals surface area contributed by atoms with Gasteiger partial charge in [0.15, 0.2) is 10.6 Å². The van der Waals surface area contributed by atoms with Gasteiger partial charge in [0.1, 0.15) is 5.75 Å². The number of aromatic amines is 1. The molecule has 0 aliphatic heterocycles. The number of ether oxygens (including phenoxy) is 1. The van der Waals surface area contributed by atoms with E-state index in [1.54, 1.807) is 0 Å². The van der Waals surface area contributed by atoms with Crippen molar-refractivity contribution in [1.29, 1.82) is 0 Å². The van der Waals surface area contributed by atoms with Crippen LogP contribution >= 0.6 is 12.2 Å². The van der Waals surface area contributed by atoms with Crippen molar-refractivity contribution in [1.82, 2.24) is 20.1 Å². The minimum atomic E-state index is 0.0557. The molecule has 6 nitrogen and oxygen atoms in total. The third kappa shape index (κ3) is 4.48. The summed E-state index contributed by atoms with van der Waals surface area (Å²) in [7, 11) is 0. The number of hydrogen-bond donors (Lipinski definition) is 2. The average molecular weight is 360 g/mol. The van der Waals surface area contributed by atoms with Gasteiger partial charge in [0.2, 0.25) is 5.91 Å². The molecule has 0 radical (unpaired) electrons. The summed E-state index contributed by atoms with van der Waals surface area (Å²) in [5.41, 5.74) is 0.933. The van der Waals surface area contributed by atoms with Crippen LogP contribution in [0.5, 0.6) is 5.75 Å². The van der Waals surface area contributed by atoms with Gasteiger partial charge in [0.25, 0.3) is 0 Å². The molecule has 134 valence electrons. The Balaban J connectivity index is 1.66. The van der Waals surface area contributed by atoms with E-state index in [1.807, 2.05) is 35.8 Å². The largest absolute Gasteiger partial charge is 0.494 e. The van der Waals surface area contributed by atoms with Gasteiger partial charge in [-0.1, -0.05) is 0 Å². The average Bonchev–Trinajstić information content (AvgIpc) is 3.38. The number of H-pyrrole nitrogens is 1. The minimum Gasteiger partial charge on any atom is -0.494 e. The minimum absolute atomic E-state index is 0.0557. The third-order valence-corrected chi connectivity index (χ3v) is 4.77. The van der Waals surface area contributed by atoms with Crippen LogP contribution in [-0.2, 0) is 11.3 Å². The number of carbonyl (C=O) groups excluding carboxylic acids is 1. The first-order chi connectivity index (χ1) is 12.1. The maximum atomic E-state index is 12.2. The van der Waals surface area contributed by atoms with Crippen molar-refractivity contribution in [3.63, 3.8) is 0 Å². The number of benzene rings is 1. The smallest absolute Gasteiger partial charge is 0.222 e. The van der Waals surface area contributed by atoms with Crippen molar-refractivity contribution in [3.05, 3.63) is 29.0 Å². The number of amides is 1. The molecule has 2 aromatic rings. The summed E-state index contributed by atoms with van der Waals surface area (Å²) in [5.74, 6) is 2.26. The number of aromatic nitrogens is 3. The summed E-state index contributed by atoms with van der Waals surface area (Å²) < 4.78 is 7.85. The highest BCUT2D eigenvalue weighted by molar-refractivity contribution is 7.71. The van der Waals surface area contributed by atoms with E-state index in [-0.39, 0.29) is 11.9 Å². The SMILES string of the molecule is CCOc1ccc(-c2n[nH]c(=S)n2CCC(=O)NC(C)C2CC2)cc1. The van der Waals surface area contributed by atoms with Crippen LogP contribution in [0, 0.1) is 10.7 Å². The standard InChI is InChI=1S/C18H24N4O2S/c1-3-24-15-8-6-14(7-9-15)17-20-21-18(25)22(17)11-10-16(23)19-12(2)13-4-5-13/h6-9,12-13H,3-5,10-11H2,1-2H3,(H,19,23)(H,21,25). The Hall–Kier alpha value is -2.15. The van der Waals surface area contributed by atoms with E-state index < -0.39 is 0 Å². The van der Waals surface area contributed by atoms with Crippen LogP contribution in [0.2, 0.25) is 0 Å². The van der Waals surface area contributed by atoms with Gasteiger partial charge in [-0.05, 0) is 69.1 Å². The molecule has 25 heavy (non-hydrogen) atoms. The molecule has 1 amide bonds. The summed E-state index contributed by atoms with van der Waals surface area (Å²) in [5, 5.41) is 10.2. The summed E-state index contributed by atoms with van der Waals surface area (Å²) >= 11 is 5.32. The van der Waals surface area contributed by atoms with E-state index in [0.717, 1.165) is 17.1 Å². The van der Waals surface area contributed by atoms with Gasteiger partial charge in [-0.3, -0.25) is 14.5 Å². The van der Waals surface area contributed by atoms with Crippen molar-refractivity contribution >= 4 is 18.1 Å². The molecule has 1 fully saturated rings. The molecule has 1 heterocycles. The maximum absolute atomic E-state index is 12.2. The van der Waals surface area contributed by atoms with Crippen molar-refractivity contribution in [3.8, 4) is 17.1 Å². The first kappa shape index (κ1) is 17.7. The highest BCUT2D eigenvalue weighted by atomic mass is 32.1. The van der Waals surface area contributed by atoms with E-state index in [1.165, 1.54) is 12.8 Å². The van der Waals surface area contributed by atoms with Gasteiger partial charge in [0, 0.05) is 24.6 Å². The lowest BCUT2D eigenvalue weighted by atomic mass is 10.2. The predicted molar refractivity (Wildman–Crippen MR) is 99.0 cm³/mol. The highest BCUT2D eigenvalue weighted by Gasteiger charge is 2.28. The lowest BCUT2D eigenvalue weighted by molar-refractivity contribution is -0.122. The molecule has 0 bridgehead atoms. The number of nitrogens with zero attached hydrogens (tertiary/aromatic N) is 2. The summed E-state index contributed by atoms with van der Waals surface area (Å²) in [4.78, 5) is 12.2. The van der Waals surface area contributed by atoms with E-state index in [9.17, 15) is 4.79 Å². The summed E-state index contributed by atoms with van der Waals surface area (Å²) in [6, 6.07) is 7.97. The van der Waals surface area contributed by atoms with Crippen molar-refractivity contribution in [2.24, 2.45) is 5.92 Å². The van der Waals surface area contributed by atoms with E-state index >= 15 is 0 Å². The molecule has 1 aliphatic carbocycles. The second kappa shape index (κ2) is 7.82. The fourth-order valence-electron chi connectivity index (χ4n) is 2.87. The summed E-state index contributed by atoms with van der Waals surface area (Å²) in [6.45, 7) is 5.16. The van der Waals surface area contributed by atoms with Crippen LogP contribution in [0.25, 0.3) is 11.4 Å². The van der Waals surface area contributed by atoms with Crippen LogP contribution in [0.15, 0.2) is 24.3 Å². The Morgan fingerprint density at radius 1 is 1.44 bits per heavy atom. The second-order valence-electron chi connectivity index (χ2n) is 6.41. The lowest BCUT2D eigenvalue weighted by Crippen LogP contribution is -2.34. The fourth-order valence-corrected chi connectivity index (χ4v) is 3.09. The normalized spacial score (nSPS) is 15.0. The maximum Gasteiger partial charge on any atom is 0.222 e. The molecule has 3 rings (SSSR count). The Bertz CT molecular complexity index is 777. The third-order valence-electron chi connectivity index (χ3n) is 4.46. The van der Waals surface area contributed by atoms with Crippen LogP contribution in [0.4, 0.5) is 0 Å². The van der Waals surface area contributed by atoms with Gasteiger partial charge in [-0.15, -0.1) is 0 Å². The molecule has 1 atom stereocenters. The molecule has 1 saturated carbocycles. The van der Waals surface area contributed by atoms with Crippen LogP contribution in [0.1, 0.15) is 33.1 Å². The highest BCUT2D eigenvalue weighted by Crippen LogP contribution is 2.32. The first-order valence-corrected chi connectivity index (χ1v) is 9.17. The molecule has 0 saturated heterocycles. The molecule has 1 aliphatic rings. The first-order valence-electron chi connectivity index (χ1n) is 8.76. The Morgan fingerprint density at radius 3 is 2.80 bits per heavy atom. The molecular weight excluding hydrogens is 336 g/mol. The zero-order valence-corrected chi connectivity index (χ0v) is 15.4. The zero-order valence-electron chi connectivity index (χ0n) is 14.6. The number of nitrogens with one attached hydrogen (secondary N) is 2. The molecule has 1 unspecified atom stereocenters. The number of carbonyl (C=O) groups is 1. The Labute approximate surface area is 152 Å². The topological polar surface area (TPSA) is 71.9 Å². The van der Waals surface area contributed by atoms with E-state index in [4.69, 9.17) is 17.0 Å². The van der Waals surface area contributed by atoms with Crippen LogP contribution in [-0.4, -0.2) is 33.3 Å². The molecule has 2 N–H and O–H groups in total. The van der Waals surface area contributed by atoms with Crippen molar-refractivity contribution in [2.45, 2.75) is 45.7 Å². The van der Waals surface area contributed by atoms with Crippen molar-refractivity contribution < 1.29 is 9.53 Å². The predicted octanol–water partition coefficient (Wildman–Crippen LogP) is 3.31. The number of rotatable bonds is 8. The Morgan fingerprint density at radius 2 is 2.16 bits per heavy atom.